The first-order valence-corrected chi connectivity index (χ1v) is 6.41. The summed E-state index contributed by atoms with van der Waals surface area (Å²) in [5.74, 6) is -0.324. The number of methoxy groups -OCH3 is 1. The van der Waals surface area contributed by atoms with Crippen LogP contribution in [-0.2, 0) is 9.53 Å². The van der Waals surface area contributed by atoms with Crippen LogP contribution in [0.25, 0.3) is 0 Å². The van der Waals surface area contributed by atoms with E-state index in [2.05, 4.69) is 16.0 Å². The lowest BCUT2D eigenvalue weighted by Gasteiger charge is -2.12. The molecular weight excluding hydrogens is 294 g/mol. The van der Waals surface area contributed by atoms with Crippen LogP contribution in [0, 0.1) is 6.92 Å². The molecule has 7 heteroatoms. The Labute approximate surface area is 131 Å². The second-order valence-corrected chi connectivity index (χ2v) is 4.28. The van der Waals surface area contributed by atoms with Crippen LogP contribution in [0.5, 0.6) is 0 Å². The molecule has 0 atom stereocenters. The van der Waals surface area contributed by atoms with Crippen molar-refractivity contribution in [3.8, 4) is 0 Å². The first-order valence-electron chi connectivity index (χ1n) is 6.41. The molecule has 3 N–H and O–H groups in total. The highest BCUT2D eigenvalue weighted by Gasteiger charge is 2.11. The van der Waals surface area contributed by atoms with Crippen molar-refractivity contribution in [1.82, 2.24) is 10.6 Å². The van der Waals surface area contributed by atoms with Crippen molar-refractivity contribution >= 4 is 29.9 Å². The van der Waals surface area contributed by atoms with Gasteiger partial charge in [0.2, 0.25) is 5.91 Å². The van der Waals surface area contributed by atoms with Crippen LogP contribution >= 0.6 is 12.4 Å². The van der Waals surface area contributed by atoms with Crippen LogP contribution in [0.1, 0.15) is 15.9 Å². The second kappa shape index (κ2) is 10.1. The normalized spacial score (nSPS) is 9.67. The number of amides is 2. The lowest BCUT2D eigenvalue weighted by molar-refractivity contribution is -0.115. The monoisotopic (exact) mass is 315 g/mol. The maximum Gasteiger partial charge on any atom is 0.251 e. The topological polar surface area (TPSA) is 79.5 Å². The molecule has 21 heavy (non-hydrogen) atoms. The average molecular weight is 316 g/mol. The minimum atomic E-state index is -0.170. The molecule has 0 saturated heterocycles. The lowest BCUT2D eigenvalue weighted by Crippen LogP contribution is -2.30. The van der Waals surface area contributed by atoms with Gasteiger partial charge in [0.15, 0.2) is 0 Å². The van der Waals surface area contributed by atoms with E-state index >= 15 is 0 Å². The molecule has 0 aromatic heterocycles. The molecule has 0 aliphatic rings. The van der Waals surface area contributed by atoms with Crippen molar-refractivity contribution in [2.75, 3.05) is 39.2 Å². The molecule has 118 valence electrons. The SMILES string of the molecule is CNC(=O)c1cccc(NC(=O)CNCCOC)c1C.Cl. The van der Waals surface area contributed by atoms with Gasteiger partial charge in [-0.25, -0.2) is 0 Å². The molecule has 0 bridgehead atoms. The molecule has 6 nitrogen and oxygen atoms in total. The summed E-state index contributed by atoms with van der Waals surface area (Å²) in [4.78, 5) is 23.4. The van der Waals surface area contributed by atoms with E-state index in [1.807, 2.05) is 0 Å². The van der Waals surface area contributed by atoms with Crippen LogP contribution in [0.3, 0.4) is 0 Å². The largest absolute Gasteiger partial charge is 0.383 e. The van der Waals surface area contributed by atoms with Gasteiger partial charge in [-0.3, -0.25) is 9.59 Å². The predicted octanol–water partition coefficient (Wildman–Crippen LogP) is 0.951. The summed E-state index contributed by atoms with van der Waals surface area (Å²) in [6, 6.07) is 5.24. The summed E-state index contributed by atoms with van der Waals surface area (Å²) < 4.78 is 4.88. The Hall–Kier alpha value is -1.63. The van der Waals surface area contributed by atoms with E-state index in [0.29, 0.717) is 24.4 Å². The van der Waals surface area contributed by atoms with Gasteiger partial charge in [0, 0.05) is 32.0 Å². The van der Waals surface area contributed by atoms with Gasteiger partial charge < -0.3 is 20.7 Å². The Morgan fingerprint density at radius 3 is 2.62 bits per heavy atom. The van der Waals surface area contributed by atoms with Crippen LogP contribution in [-0.4, -0.2) is 45.7 Å². The summed E-state index contributed by atoms with van der Waals surface area (Å²) in [6.45, 7) is 3.17. The molecule has 0 heterocycles. The third-order valence-corrected chi connectivity index (χ3v) is 2.85. The van der Waals surface area contributed by atoms with Crippen molar-refractivity contribution in [1.29, 1.82) is 0 Å². The maximum absolute atomic E-state index is 11.8. The van der Waals surface area contributed by atoms with E-state index in [1.54, 1.807) is 39.3 Å². The van der Waals surface area contributed by atoms with E-state index in [9.17, 15) is 9.59 Å². The summed E-state index contributed by atoms with van der Waals surface area (Å²) in [6.07, 6.45) is 0. The fourth-order valence-electron chi connectivity index (χ4n) is 1.72. The van der Waals surface area contributed by atoms with E-state index in [1.165, 1.54) is 0 Å². The zero-order valence-electron chi connectivity index (χ0n) is 12.5. The van der Waals surface area contributed by atoms with E-state index in [0.717, 1.165) is 5.56 Å². The van der Waals surface area contributed by atoms with Gasteiger partial charge in [-0.1, -0.05) is 6.07 Å². The third kappa shape index (κ3) is 6.12. The quantitative estimate of drug-likeness (QED) is 0.655. The van der Waals surface area contributed by atoms with E-state index in [-0.39, 0.29) is 30.8 Å². The Balaban J connectivity index is 0.00000400. The number of hydrogen-bond acceptors (Lipinski definition) is 4. The smallest absolute Gasteiger partial charge is 0.251 e. The summed E-state index contributed by atoms with van der Waals surface area (Å²) in [5.41, 5.74) is 1.94. The number of ether oxygens (including phenoxy) is 1. The number of anilines is 1. The van der Waals surface area contributed by atoms with Gasteiger partial charge >= 0.3 is 0 Å². The minimum absolute atomic E-state index is 0. The van der Waals surface area contributed by atoms with Gasteiger partial charge in [0.05, 0.1) is 13.2 Å². The number of carbonyl (C=O) groups is 2. The Bertz CT molecular complexity index is 481. The summed E-state index contributed by atoms with van der Waals surface area (Å²) >= 11 is 0. The fraction of sp³-hybridized carbons (Fsp3) is 0.429. The van der Waals surface area contributed by atoms with Crippen LogP contribution in [0.15, 0.2) is 18.2 Å². The molecule has 0 radical (unpaired) electrons. The van der Waals surface area contributed by atoms with Crippen LogP contribution < -0.4 is 16.0 Å². The molecule has 0 aliphatic carbocycles. The first-order chi connectivity index (χ1) is 9.60. The first kappa shape index (κ1) is 19.4. The molecule has 0 aliphatic heterocycles. The molecule has 2 amide bonds. The Kier molecular flexibility index (Phi) is 9.36. The standard InChI is InChI=1S/C14H21N3O3.ClH/c1-10-11(14(19)15-2)5-4-6-12(10)17-13(18)9-16-7-8-20-3;/h4-6,16H,7-9H2,1-3H3,(H,15,19)(H,17,18);1H. The number of carbonyl (C=O) groups excluding carboxylic acids is 2. The lowest BCUT2D eigenvalue weighted by atomic mass is 10.1. The highest BCUT2D eigenvalue weighted by Crippen LogP contribution is 2.18. The molecule has 1 aromatic rings. The number of hydrogen-bond donors (Lipinski definition) is 3. The molecule has 0 saturated carbocycles. The molecule has 0 fully saturated rings. The van der Waals surface area contributed by atoms with Crippen LogP contribution in [0.4, 0.5) is 5.69 Å². The zero-order chi connectivity index (χ0) is 15.0. The van der Waals surface area contributed by atoms with Crippen molar-refractivity contribution in [3.05, 3.63) is 29.3 Å². The number of halogens is 1. The Morgan fingerprint density at radius 2 is 2.00 bits per heavy atom. The third-order valence-electron chi connectivity index (χ3n) is 2.85. The average Bonchev–Trinajstić information content (AvgIpc) is 2.45. The number of rotatable bonds is 7. The van der Waals surface area contributed by atoms with Crippen LogP contribution in [0.2, 0.25) is 0 Å². The van der Waals surface area contributed by atoms with Gasteiger partial charge in [-0.05, 0) is 24.6 Å². The second-order valence-electron chi connectivity index (χ2n) is 4.28. The molecule has 1 aromatic carbocycles. The highest BCUT2D eigenvalue weighted by atomic mass is 35.5. The van der Waals surface area contributed by atoms with E-state index in [4.69, 9.17) is 4.74 Å². The number of benzene rings is 1. The van der Waals surface area contributed by atoms with Crippen molar-refractivity contribution in [2.24, 2.45) is 0 Å². The highest BCUT2D eigenvalue weighted by molar-refractivity contribution is 5.99. The van der Waals surface area contributed by atoms with Gasteiger partial charge in [0.25, 0.3) is 5.91 Å². The predicted molar refractivity (Wildman–Crippen MR) is 85.2 cm³/mol. The Morgan fingerprint density at radius 1 is 1.29 bits per heavy atom. The van der Waals surface area contributed by atoms with E-state index < -0.39 is 0 Å². The van der Waals surface area contributed by atoms with Crippen molar-refractivity contribution in [3.63, 3.8) is 0 Å². The van der Waals surface area contributed by atoms with Crippen molar-refractivity contribution < 1.29 is 14.3 Å². The van der Waals surface area contributed by atoms with Gasteiger partial charge in [-0.15, -0.1) is 12.4 Å². The molecule has 0 spiro atoms. The van der Waals surface area contributed by atoms with Crippen molar-refractivity contribution in [2.45, 2.75) is 6.92 Å². The maximum atomic E-state index is 11.8. The fourth-order valence-corrected chi connectivity index (χ4v) is 1.72. The zero-order valence-corrected chi connectivity index (χ0v) is 13.3. The van der Waals surface area contributed by atoms with Gasteiger partial charge in [0.1, 0.15) is 0 Å². The molecular formula is C14H22ClN3O3. The number of nitrogens with one attached hydrogen (secondary N) is 3. The molecule has 1 rings (SSSR count). The minimum Gasteiger partial charge on any atom is -0.383 e. The summed E-state index contributed by atoms with van der Waals surface area (Å²) in [7, 11) is 3.18. The van der Waals surface area contributed by atoms with Gasteiger partial charge in [-0.2, -0.15) is 0 Å². The summed E-state index contributed by atoms with van der Waals surface area (Å²) in [5, 5.41) is 8.32. The molecule has 0 unspecified atom stereocenters.